The van der Waals surface area contributed by atoms with E-state index in [1.54, 1.807) is 0 Å². The number of piperidine rings is 1. The van der Waals surface area contributed by atoms with Crippen molar-refractivity contribution >= 4 is 36.6 Å². The van der Waals surface area contributed by atoms with Gasteiger partial charge in [-0.05, 0) is 45.7 Å². The first-order chi connectivity index (χ1) is 11.1. The van der Waals surface area contributed by atoms with Crippen LogP contribution in [0.2, 0.25) is 0 Å². The van der Waals surface area contributed by atoms with Gasteiger partial charge in [0.15, 0.2) is 0 Å². The van der Waals surface area contributed by atoms with Crippen LogP contribution in [0.5, 0.6) is 0 Å². The Kier molecular flexibility index (Phi) is 12.5. The van der Waals surface area contributed by atoms with Gasteiger partial charge in [0, 0.05) is 26.2 Å². The fourth-order valence-electron chi connectivity index (χ4n) is 3.63. The molecular weight excluding hydrogens is 363 g/mol. The van der Waals surface area contributed by atoms with Crippen molar-refractivity contribution in [2.75, 3.05) is 39.3 Å². The molecular formula is C17H34Cl2N4O2. The van der Waals surface area contributed by atoms with Crippen LogP contribution in [0.4, 0.5) is 0 Å². The third kappa shape index (κ3) is 7.29. The zero-order chi connectivity index (χ0) is 16.7. The largest absolute Gasteiger partial charge is 0.355 e. The molecule has 0 bridgehead atoms. The number of hydrogen-bond acceptors (Lipinski definition) is 4. The lowest BCUT2D eigenvalue weighted by Crippen LogP contribution is -2.52. The molecule has 3 N–H and O–H groups in total. The van der Waals surface area contributed by atoms with E-state index in [9.17, 15) is 9.59 Å². The third-order valence-electron chi connectivity index (χ3n) is 5.09. The Morgan fingerprint density at radius 3 is 2.32 bits per heavy atom. The Morgan fingerprint density at radius 1 is 1.08 bits per heavy atom. The summed E-state index contributed by atoms with van der Waals surface area (Å²) in [6.45, 7) is 6.33. The van der Waals surface area contributed by atoms with Crippen LogP contribution in [0.1, 0.15) is 45.4 Å². The number of nitrogens with one attached hydrogen (secondary N) is 1. The molecule has 25 heavy (non-hydrogen) atoms. The van der Waals surface area contributed by atoms with Crippen molar-refractivity contribution in [3.8, 4) is 0 Å². The number of carbonyl (C=O) groups is 2. The molecule has 2 rings (SSSR count). The Labute approximate surface area is 164 Å². The van der Waals surface area contributed by atoms with Crippen molar-refractivity contribution in [3.63, 3.8) is 0 Å². The monoisotopic (exact) mass is 396 g/mol. The third-order valence-corrected chi connectivity index (χ3v) is 5.09. The molecule has 2 heterocycles. The molecule has 0 saturated carbocycles. The predicted molar refractivity (Wildman–Crippen MR) is 105 cm³/mol. The number of likely N-dealkylation sites (tertiary alicyclic amines) is 2. The Morgan fingerprint density at radius 2 is 1.72 bits per heavy atom. The molecule has 0 radical (unpaired) electrons. The number of carbonyl (C=O) groups excluding carboxylic acids is 2. The van der Waals surface area contributed by atoms with Crippen LogP contribution in [-0.4, -0.2) is 66.9 Å². The second-order valence-electron chi connectivity index (χ2n) is 6.83. The van der Waals surface area contributed by atoms with Crippen LogP contribution < -0.4 is 11.1 Å². The van der Waals surface area contributed by atoms with Crippen molar-refractivity contribution in [2.24, 2.45) is 11.7 Å². The van der Waals surface area contributed by atoms with E-state index in [4.69, 9.17) is 5.73 Å². The molecule has 2 atom stereocenters. The van der Waals surface area contributed by atoms with Crippen molar-refractivity contribution in [1.29, 1.82) is 0 Å². The predicted octanol–water partition coefficient (Wildman–Crippen LogP) is 1.41. The summed E-state index contributed by atoms with van der Waals surface area (Å²) in [6.07, 6.45) is 6.66. The molecule has 2 unspecified atom stereocenters. The van der Waals surface area contributed by atoms with E-state index in [2.05, 4.69) is 10.2 Å². The highest BCUT2D eigenvalue weighted by atomic mass is 35.5. The van der Waals surface area contributed by atoms with E-state index >= 15 is 0 Å². The zero-order valence-corrected chi connectivity index (χ0v) is 16.9. The number of nitrogens with zero attached hydrogens (tertiary/aromatic N) is 2. The first kappa shape index (κ1) is 24.4. The van der Waals surface area contributed by atoms with Crippen molar-refractivity contribution in [1.82, 2.24) is 15.1 Å². The molecule has 0 aromatic carbocycles. The van der Waals surface area contributed by atoms with E-state index < -0.39 is 0 Å². The smallest absolute Gasteiger partial charge is 0.239 e. The van der Waals surface area contributed by atoms with Crippen LogP contribution in [0.15, 0.2) is 0 Å². The summed E-state index contributed by atoms with van der Waals surface area (Å²) in [5.74, 6) is 0.134. The maximum Gasteiger partial charge on any atom is 0.239 e. The summed E-state index contributed by atoms with van der Waals surface area (Å²) in [5, 5.41) is 2.85. The van der Waals surface area contributed by atoms with Gasteiger partial charge in [-0.3, -0.25) is 14.5 Å². The summed E-state index contributed by atoms with van der Waals surface area (Å²) < 4.78 is 0. The second-order valence-corrected chi connectivity index (χ2v) is 6.83. The van der Waals surface area contributed by atoms with Crippen LogP contribution >= 0.6 is 24.8 Å². The molecule has 2 fully saturated rings. The molecule has 0 aliphatic carbocycles. The number of rotatable bonds is 5. The Hall–Kier alpha value is -0.560. The molecule has 0 spiro atoms. The van der Waals surface area contributed by atoms with Crippen molar-refractivity contribution < 1.29 is 9.59 Å². The Balaban J connectivity index is 0.00000288. The zero-order valence-electron chi connectivity index (χ0n) is 15.2. The topological polar surface area (TPSA) is 78.7 Å². The number of amides is 2. The second kappa shape index (κ2) is 12.7. The molecule has 148 valence electrons. The summed E-state index contributed by atoms with van der Waals surface area (Å²) in [7, 11) is 0. The molecule has 2 aliphatic rings. The average molecular weight is 397 g/mol. The fraction of sp³-hybridized carbons (Fsp3) is 0.882. The lowest BCUT2D eigenvalue weighted by atomic mass is 9.96. The lowest BCUT2D eigenvalue weighted by molar-refractivity contribution is -0.140. The molecule has 6 nitrogen and oxygen atoms in total. The van der Waals surface area contributed by atoms with Gasteiger partial charge in [0.1, 0.15) is 0 Å². The number of nitrogens with two attached hydrogens (primary N) is 1. The van der Waals surface area contributed by atoms with Crippen molar-refractivity contribution in [2.45, 2.75) is 51.5 Å². The summed E-state index contributed by atoms with van der Waals surface area (Å²) >= 11 is 0. The molecule has 2 saturated heterocycles. The Bertz CT molecular complexity index is 404. The standard InChI is InChI=1S/C17H32N4O2.2ClH/c1-14(20-10-4-2-3-5-11-20)17(23)21-12-6-7-15(13-21)16(22)19-9-8-18;;/h14-15H,2-13,18H2,1H3,(H,19,22);2*1H. The van der Waals surface area contributed by atoms with Crippen LogP contribution in [0.3, 0.4) is 0 Å². The van der Waals surface area contributed by atoms with Gasteiger partial charge >= 0.3 is 0 Å². The highest BCUT2D eigenvalue weighted by Crippen LogP contribution is 2.20. The maximum atomic E-state index is 12.8. The number of halogens is 2. The SMILES string of the molecule is CC(C(=O)N1CCCC(C(=O)NCCN)C1)N1CCCCCC1.Cl.Cl. The van der Waals surface area contributed by atoms with E-state index in [0.717, 1.165) is 32.5 Å². The minimum absolute atomic E-state index is 0. The molecule has 8 heteroatoms. The summed E-state index contributed by atoms with van der Waals surface area (Å²) in [6, 6.07) is -0.0704. The average Bonchev–Trinajstić information content (AvgIpc) is 2.87. The minimum atomic E-state index is -0.0874. The fourth-order valence-corrected chi connectivity index (χ4v) is 3.63. The highest BCUT2D eigenvalue weighted by molar-refractivity contribution is 5.85. The molecule has 2 aliphatic heterocycles. The summed E-state index contributed by atoms with van der Waals surface area (Å²) in [4.78, 5) is 29.2. The highest BCUT2D eigenvalue weighted by Gasteiger charge is 2.32. The van der Waals surface area contributed by atoms with Gasteiger partial charge in [-0.25, -0.2) is 0 Å². The lowest BCUT2D eigenvalue weighted by Gasteiger charge is -2.36. The first-order valence-electron chi connectivity index (χ1n) is 9.14. The van der Waals surface area contributed by atoms with Gasteiger partial charge < -0.3 is 16.0 Å². The van der Waals surface area contributed by atoms with E-state index in [0.29, 0.717) is 19.6 Å². The van der Waals surface area contributed by atoms with E-state index in [-0.39, 0.29) is 48.6 Å². The van der Waals surface area contributed by atoms with Crippen LogP contribution in [-0.2, 0) is 9.59 Å². The van der Waals surface area contributed by atoms with Gasteiger partial charge in [-0.15, -0.1) is 24.8 Å². The van der Waals surface area contributed by atoms with Gasteiger partial charge in [-0.2, -0.15) is 0 Å². The van der Waals surface area contributed by atoms with E-state index in [1.165, 1.54) is 25.7 Å². The minimum Gasteiger partial charge on any atom is -0.355 e. The number of hydrogen-bond donors (Lipinski definition) is 2. The van der Waals surface area contributed by atoms with Gasteiger partial charge in [-0.1, -0.05) is 12.8 Å². The van der Waals surface area contributed by atoms with Gasteiger partial charge in [0.2, 0.25) is 11.8 Å². The van der Waals surface area contributed by atoms with Gasteiger partial charge in [0.05, 0.1) is 12.0 Å². The van der Waals surface area contributed by atoms with E-state index in [1.807, 2.05) is 11.8 Å². The quantitative estimate of drug-likeness (QED) is 0.735. The first-order valence-corrected chi connectivity index (χ1v) is 9.14. The molecule has 0 aromatic heterocycles. The normalized spacial score (nSPS) is 22.8. The summed E-state index contributed by atoms with van der Waals surface area (Å²) in [5.41, 5.74) is 5.43. The van der Waals surface area contributed by atoms with Crippen LogP contribution in [0, 0.1) is 5.92 Å². The van der Waals surface area contributed by atoms with Gasteiger partial charge in [0.25, 0.3) is 0 Å². The van der Waals surface area contributed by atoms with Crippen molar-refractivity contribution in [3.05, 3.63) is 0 Å². The molecule has 2 amide bonds. The maximum absolute atomic E-state index is 12.8. The molecule has 0 aromatic rings. The van der Waals surface area contributed by atoms with Crippen LogP contribution in [0.25, 0.3) is 0 Å².